The van der Waals surface area contributed by atoms with E-state index in [-0.39, 0.29) is 5.88 Å². The highest BCUT2D eigenvalue weighted by Crippen LogP contribution is 1.90. The summed E-state index contributed by atoms with van der Waals surface area (Å²) in [6.07, 6.45) is 7.88. The van der Waals surface area contributed by atoms with Gasteiger partial charge in [-0.3, -0.25) is 0 Å². The van der Waals surface area contributed by atoms with E-state index in [2.05, 4.69) is 6.92 Å². The van der Waals surface area contributed by atoms with Crippen molar-refractivity contribution < 1.29 is 5.11 Å². The molecule has 0 aliphatic carbocycles. The minimum Gasteiger partial charge on any atom is -0.388 e. The third kappa shape index (κ3) is 5.86. The number of aliphatic hydroxyl groups is 1. The lowest BCUT2D eigenvalue weighted by Crippen LogP contribution is -2.01. The fourth-order valence-electron chi connectivity index (χ4n) is 0.458. The van der Waals surface area contributed by atoms with Gasteiger partial charge in [-0.1, -0.05) is 31.2 Å². The monoisotopic (exact) mass is 160 g/mol. The molecule has 1 N–H and O–H groups in total. The van der Waals surface area contributed by atoms with Crippen molar-refractivity contribution in [2.24, 2.45) is 0 Å². The van der Waals surface area contributed by atoms with E-state index in [0.29, 0.717) is 0 Å². The van der Waals surface area contributed by atoms with Crippen LogP contribution < -0.4 is 0 Å². The average Bonchev–Trinajstić information content (AvgIpc) is 1.98. The maximum absolute atomic E-state index is 8.90. The molecule has 0 bridgehead atoms. The van der Waals surface area contributed by atoms with Crippen LogP contribution in [0.15, 0.2) is 24.3 Å². The third-order valence-electron chi connectivity index (χ3n) is 0.974. The van der Waals surface area contributed by atoms with Crippen molar-refractivity contribution in [1.82, 2.24) is 0 Å². The Morgan fingerprint density at radius 2 is 2.20 bits per heavy atom. The summed E-state index contributed by atoms with van der Waals surface area (Å²) < 4.78 is 0. The zero-order valence-electron chi connectivity index (χ0n) is 6.13. The van der Waals surface area contributed by atoms with Crippen molar-refractivity contribution >= 4 is 11.6 Å². The summed E-state index contributed by atoms with van der Waals surface area (Å²) in [5, 5.41) is 8.90. The molecule has 0 aromatic carbocycles. The van der Waals surface area contributed by atoms with Crippen molar-refractivity contribution in [3.63, 3.8) is 0 Å². The van der Waals surface area contributed by atoms with Gasteiger partial charge >= 0.3 is 0 Å². The van der Waals surface area contributed by atoms with Gasteiger partial charge in [0.2, 0.25) is 0 Å². The highest BCUT2D eigenvalue weighted by atomic mass is 35.5. The van der Waals surface area contributed by atoms with E-state index in [9.17, 15) is 0 Å². The minimum atomic E-state index is -0.511. The Morgan fingerprint density at radius 3 is 2.70 bits per heavy atom. The fraction of sp³-hybridized carbons (Fsp3) is 0.500. The fourth-order valence-corrected chi connectivity index (χ4v) is 0.561. The van der Waals surface area contributed by atoms with Crippen molar-refractivity contribution in [3.05, 3.63) is 24.3 Å². The Kier molecular flexibility index (Phi) is 6.66. The molecule has 10 heavy (non-hydrogen) atoms. The molecular formula is C8H13ClO. The van der Waals surface area contributed by atoms with E-state index in [0.717, 1.165) is 6.42 Å². The predicted molar refractivity (Wildman–Crippen MR) is 45.3 cm³/mol. The Labute approximate surface area is 67.0 Å². The summed E-state index contributed by atoms with van der Waals surface area (Å²) in [4.78, 5) is 0. The molecule has 0 unspecified atom stereocenters. The van der Waals surface area contributed by atoms with Gasteiger partial charge in [0.25, 0.3) is 0 Å². The van der Waals surface area contributed by atoms with Crippen LogP contribution >= 0.6 is 11.6 Å². The summed E-state index contributed by atoms with van der Waals surface area (Å²) in [6.45, 7) is 2.06. The van der Waals surface area contributed by atoms with Crippen LogP contribution in [0.2, 0.25) is 0 Å². The zero-order chi connectivity index (χ0) is 7.82. The first-order valence-corrected chi connectivity index (χ1v) is 3.92. The molecule has 0 radical (unpaired) electrons. The molecule has 0 saturated carbocycles. The Hall–Kier alpha value is -0.270. The molecule has 0 aromatic rings. The molecule has 0 aliphatic heterocycles. The van der Waals surface area contributed by atoms with E-state index >= 15 is 0 Å². The van der Waals surface area contributed by atoms with Crippen LogP contribution in [0.1, 0.15) is 13.3 Å². The molecule has 1 nitrogen and oxygen atoms in total. The van der Waals surface area contributed by atoms with E-state index in [1.807, 2.05) is 12.2 Å². The molecule has 0 saturated heterocycles. The standard InChI is InChI=1S/C8H13ClO/c1-2-3-4-5-6-8(10)7-9/h3-6,8,10H,2,7H2,1H3/b4-3+,6-5+/t8-/m0/s1. The lowest BCUT2D eigenvalue weighted by molar-refractivity contribution is 0.247. The number of hydrogen-bond acceptors (Lipinski definition) is 1. The summed E-state index contributed by atoms with van der Waals surface area (Å²) in [5.41, 5.74) is 0. The van der Waals surface area contributed by atoms with E-state index in [4.69, 9.17) is 16.7 Å². The van der Waals surface area contributed by atoms with Crippen LogP contribution in [0.5, 0.6) is 0 Å². The lowest BCUT2D eigenvalue weighted by atomic mass is 10.3. The Bertz CT molecular complexity index is 118. The maximum atomic E-state index is 8.90. The topological polar surface area (TPSA) is 20.2 Å². The van der Waals surface area contributed by atoms with E-state index < -0.39 is 6.10 Å². The third-order valence-corrected chi connectivity index (χ3v) is 1.29. The summed E-state index contributed by atoms with van der Waals surface area (Å²) in [7, 11) is 0. The second-order valence-corrected chi connectivity index (χ2v) is 2.25. The first-order valence-electron chi connectivity index (χ1n) is 3.38. The summed E-state index contributed by atoms with van der Waals surface area (Å²) in [6, 6.07) is 0. The summed E-state index contributed by atoms with van der Waals surface area (Å²) >= 11 is 5.34. The maximum Gasteiger partial charge on any atom is 0.0859 e. The van der Waals surface area contributed by atoms with Gasteiger partial charge in [0.15, 0.2) is 0 Å². The van der Waals surface area contributed by atoms with Gasteiger partial charge in [0.1, 0.15) is 0 Å². The number of aliphatic hydroxyl groups excluding tert-OH is 1. The van der Waals surface area contributed by atoms with Gasteiger partial charge in [-0.2, -0.15) is 0 Å². The Balaban J connectivity index is 3.44. The average molecular weight is 161 g/mol. The van der Waals surface area contributed by atoms with Gasteiger partial charge < -0.3 is 5.11 Å². The van der Waals surface area contributed by atoms with Crippen LogP contribution in [0.4, 0.5) is 0 Å². The Morgan fingerprint density at radius 1 is 1.50 bits per heavy atom. The number of allylic oxidation sites excluding steroid dienone is 3. The van der Waals surface area contributed by atoms with E-state index in [1.165, 1.54) is 0 Å². The molecule has 0 heterocycles. The number of hydrogen-bond donors (Lipinski definition) is 1. The second-order valence-electron chi connectivity index (χ2n) is 1.94. The zero-order valence-corrected chi connectivity index (χ0v) is 6.88. The van der Waals surface area contributed by atoms with Gasteiger partial charge in [0.05, 0.1) is 12.0 Å². The first kappa shape index (κ1) is 9.73. The lowest BCUT2D eigenvalue weighted by Gasteiger charge is -1.94. The van der Waals surface area contributed by atoms with Crippen molar-refractivity contribution in [2.75, 3.05) is 5.88 Å². The first-order chi connectivity index (χ1) is 4.81. The van der Waals surface area contributed by atoms with Crippen LogP contribution in [0.3, 0.4) is 0 Å². The molecule has 1 atom stereocenters. The smallest absolute Gasteiger partial charge is 0.0859 e. The SMILES string of the molecule is CC/C=C/C=C/[C@H](O)CCl. The molecule has 0 aromatic heterocycles. The number of alkyl halides is 1. The van der Waals surface area contributed by atoms with Crippen LogP contribution in [0, 0.1) is 0 Å². The number of halogens is 1. The van der Waals surface area contributed by atoms with Crippen LogP contribution in [-0.2, 0) is 0 Å². The summed E-state index contributed by atoms with van der Waals surface area (Å²) in [5.74, 6) is 0.260. The van der Waals surface area contributed by atoms with Crippen LogP contribution in [0.25, 0.3) is 0 Å². The van der Waals surface area contributed by atoms with Gasteiger partial charge in [-0.25, -0.2) is 0 Å². The quantitative estimate of drug-likeness (QED) is 0.494. The van der Waals surface area contributed by atoms with Gasteiger partial charge in [0, 0.05) is 0 Å². The number of rotatable bonds is 4. The molecule has 0 spiro atoms. The molecule has 0 aliphatic rings. The predicted octanol–water partition coefficient (Wildman–Crippen LogP) is 2.11. The van der Waals surface area contributed by atoms with Crippen molar-refractivity contribution in [2.45, 2.75) is 19.4 Å². The van der Waals surface area contributed by atoms with Crippen molar-refractivity contribution in [3.8, 4) is 0 Å². The van der Waals surface area contributed by atoms with Gasteiger partial charge in [-0.15, -0.1) is 11.6 Å². The normalized spacial score (nSPS) is 15.1. The molecule has 0 rings (SSSR count). The molecule has 58 valence electrons. The molecular weight excluding hydrogens is 148 g/mol. The molecule has 0 amide bonds. The highest BCUT2D eigenvalue weighted by Gasteiger charge is 1.90. The van der Waals surface area contributed by atoms with Crippen molar-refractivity contribution in [1.29, 1.82) is 0 Å². The highest BCUT2D eigenvalue weighted by molar-refractivity contribution is 6.18. The second kappa shape index (κ2) is 6.84. The van der Waals surface area contributed by atoms with Crippen LogP contribution in [-0.4, -0.2) is 17.1 Å². The minimum absolute atomic E-state index is 0.260. The molecule has 2 heteroatoms. The molecule has 0 fully saturated rings. The van der Waals surface area contributed by atoms with E-state index in [1.54, 1.807) is 12.2 Å². The largest absolute Gasteiger partial charge is 0.388 e. The van der Waals surface area contributed by atoms with Gasteiger partial charge in [-0.05, 0) is 6.42 Å².